The van der Waals surface area contributed by atoms with Gasteiger partial charge in [0.25, 0.3) is 0 Å². The summed E-state index contributed by atoms with van der Waals surface area (Å²) in [6, 6.07) is 6.18. The third-order valence-corrected chi connectivity index (χ3v) is 3.51. The van der Waals surface area contributed by atoms with E-state index in [4.69, 9.17) is 17.3 Å². The summed E-state index contributed by atoms with van der Waals surface area (Å²) in [5.41, 5.74) is 8.37. The molecule has 0 amide bonds. The molecule has 0 saturated heterocycles. The minimum absolute atomic E-state index is 0.128. The molecule has 1 unspecified atom stereocenters. The number of rotatable bonds is 2. The summed E-state index contributed by atoms with van der Waals surface area (Å²) >= 11 is 6.23. The summed E-state index contributed by atoms with van der Waals surface area (Å²) < 4.78 is 0. The quantitative estimate of drug-likeness (QED) is 0.822. The molecular weight excluding hydrogens is 218 g/mol. The third kappa shape index (κ3) is 2.78. The Bertz CT molecular complexity index is 375. The Labute approximate surface area is 104 Å². The van der Waals surface area contributed by atoms with Crippen LogP contribution < -0.4 is 5.73 Å². The highest BCUT2D eigenvalue weighted by molar-refractivity contribution is 6.31. The van der Waals surface area contributed by atoms with E-state index in [2.05, 4.69) is 39.8 Å². The fourth-order valence-corrected chi connectivity index (χ4v) is 1.95. The van der Waals surface area contributed by atoms with E-state index in [1.165, 1.54) is 5.56 Å². The summed E-state index contributed by atoms with van der Waals surface area (Å²) in [4.78, 5) is 0. The first-order chi connectivity index (χ1) is 7.18. The second-order valence-electron chi connectivity index (χ2n) is 5.72. The van der Waals surface area contributed by atoms with Gasteiger partial charge in [-0.1, -0.05) is 51.4 Å². The summed E-state index contributed by atoms with van der Waals surface area (Å²) in [6.07, 6.45) is 0.875. The average molecular weight is 240 g/mol. The van der Waals surface area contributed by atoms with E-state index >= 15 is 0 Å². The predicted molar refractivity (Wildman–Crippen MR) is 72.0 cm³/mol. The molecule has 0 aliphatic heterocycles. The number of hydrogen-bond donors (Lipinski definition) is 1. The van der Waals surface area contributed by atoms with Crippen molar-refractivity contribution in [1.29, 1.82) is 0 Å². The molecule has 0 heterocycles. The zero-order chi connectivity index (χ0) is 12.6. The van der Waals surface area contributed by atoms with Crippen molar-refractivity contribution < 1.29 is 0 Å². The molecule has 1 nitrogen and oxygen atoms in total. The Hall–Kier alpha value is -0.530. The fourth-order valence-electron chi connectivity index (χ4n) is 1.62. The number of nitrogens with two attached hydrogens (primary N) is 1. The molecule has 16 heavy (non-hydrogen) atoms. The van der Waals surface area contributed by atoms with Crippen molar-refractivity contribution >= 4 is 11.6 Å². The van der Waals surface area contributed by atoms with Gasteiger partial charge in [0.2, 0.25) is 0 Å². The summed E-state index contributed by atoms with van der Waals surface area (Å²) in [6.45, 7) is 10.7. The molecular formula is C14H22ClN. The molecule has 0 aliphatic rings. The van der Waals surface area contributed by atoms with Crippen LogP contribution in [0.3, 0.4) is 0 Å². The molecule has 90 valence electrons. The van der Waals surface area contributed by atoms with Crippen molar-refractivity contribution in [2.45, 2.75) is 52.0 Å². The molecule has 0 spiro atoms. The zero-order valence-electron chi connectivity index (χ0n) is 10.9. The van der Waals surface area contributed by atoms with E-state index in [9.17, 15) is 0 Å². The van der Waals surface area contributed by atoms with Crippen molar-refractivity contribution in [3.8, 4) is 0 Å². The van der Waals surface area contributed by atoms with Crippen molar-refractivity contribution in [2.75, 3.05) is 0 Å². The second kappa shape index (κ2) is 4.38. The first-order valence-corrected chi connectivity index (χ1v) is 6.15. The van der Waals surface area contributed by atoms with E-state index in [0.29, 0.717) is 0 Å². The average Bonchev–Trinajstić information content (AvgIpc) is 2.16. The van der Waals surface area contributed by atoms with Gasteiger partial charge < -0.3 is 5.73 Å². The number of halogens is 1. The van der Waals surface area contributed by atoms with Gasteiger partial charge in [0, 0.05) is 10.6 Å². The predicted octanol–water partition coefficient (Wildman–Crippen LogP) is 4.22. The summed E-state index contributed by atoms with van der Waals surface area (Å²) in [5, 5.41) is 0.764. The highest BCUT2D eigenvalue weighted by Gasteiger charge is 2.24. The Morgan fingerprint density at radius 2 is 1.75 bits per heavy atom. The lowest BCUT2D eigenvalue weighted by Crippen LogP contribution is -2.32. The Balaban J connectivity index is 3.30. The van der Waals surface area contributed by atoms with Crippen LogP contribution in [0.5, 0.6) is 0 Å². The van der Waals surface area contributed by atoms with Crippen LogP contribution in [-0.2, 0) is 11.0 Å². The van der Waals surface area contributed by atoms with Crippen LogP contribution in [0, 0.1) is 0 Å². The molecule has 0 aromatic heterocycles. The minimum atomic E-state index is -0.349. The first kappa shape index (κ1) is 13.5. The van der Waals surface area contributed by atoms with Crippen LogP contribution in [0.15, 0.2) is 18.2 Å². The van der Waals surface area contributed by atoms with Crippen molar-refractivity contribution in [2.24, 2.45) is 5.73 Å². The monoisotopic (exact) mass is 239 g/mol. The summed E-state index contributed by atoms with van der Waals surface area (Å²) in [5.74, 6) is 0. The lowest BCUT2D eigenvalue weighted by molar-refractivity contribution is 0.474. The standard InChI is InChI=1S/C14H22ClN/c1-6-14(5,16)11-9-10(13(2,3)4)7-8-12(11)15/h7-9H,6,16H2,1-5H3. The fraction of sp³-hybridized carbons (Fsp3) is 0.571. The molecule has 1 atom stereocenters. The van der Waals surface area contributed by atoms with Gasteiger partial charge in [0.15, 0.2) is 0 Å². The van der Waals surface area contributed by atoms with Crippen LogP contribution in [0.4, 0.5) is 0 Å². The Morgan fingerprint density at radius 3 is 2.19 bits per heavy atom. The largest absolute Gasteiger partial charge is 0.322 e. The second-order valence-corrected chi connectivity index (χ2v) is 6.12. The number of hydrogen-bond acceptors (Lipinski definition) is 1. The molecule has 1 aromatic carbocycles. The van der Waals surface area contributed by atoms with Gasteiger partial charge in [0.05, 0.1) is 0 Å². The maximum Gasteiger partial charge on any atom is 0.0456 e. The van der Waals surface area contributed by atoms with Crippen LogP contribution in [0.2, 0.25) is 5.02 Å². The van der Waals surface area contributed by atoms with E-state index < -0.39 is 0 Å². The molecule has 0 saturated carbocycles. The van der Waals surface area contributed by atoms with Crippen LogP contribution in [0.25, 0.3) is 0 Å². The Morgan fingerprint density at radius 1 is 1.19 bits per heavy atom. The molecule has 2 heteroatoms. The van der Waals surface area contributed by atoms with Crippen molar-refractivity contribution in [3.05, 3.63) is 34.3 Å². The van der Waals surface area contributed by atoms with Crippen LogP contribution in [0.1, 0.15) is 52.2 Å². The zero-order valence-corrected chi connectivity index (χ0v) is 11.7. The molecule has 0 aliphatic carbocycles. The molecule has 1 aromatic rings. The molecule has 0 radical (unpaired) electrons. The van der Waals surface area contributed by atoms with Gasteiger partial charge in [-0.25, -0.2) is 0 Å². The highest BCUT2D eigenvalue weighted by atomic mass is 35.5. The van der Waals surface area contributed by atoms with Gasteiger partial charge in [-0.3, -0.25) is 0 Å². The first-order valence-electron chi connectivity index (χ1n) is 5.78. The van der Waals surface area contributed by atoms with E-state index in [1.54, 1.807) is 0 Å². The topological polar surface area (TPSA) is 26.0 Å². The third-order valence-electron chi connectivity index (χ3n) is 3.18. The van der Waals surface area contributed by atoms with E-state index in [-0.39, 0.29) is 11.0 Å². The number of benzene rings is 1. The highest BCUT2D eigenvalue weighted by Crippen LogP contribution is 2.33. The molecule has 2 N–H and O–H groups in total. The molecule has 0 fully saturated rings. The van der Waals surface area contributed by atoms with Gasteiger partial charge in [0.1, 0.15) is 0 Å². The van der Waals surface area contributed by atoms with Gasteiger partial charge in [-0.15, -0.1) is 0 Å². The lowest BCUT2D eigenvalue weighted by Gasteiger charge is -2.28. The van der Waals surface area contributed by atoms with Crippen LogP contribution in [-0.4, -0.2) is 0 Å². The van der Waals surface area contributed by atoms with E-state index in [0.717, 1.165) is 17.0 Å². The van der Waals surface area contributed by atoms with Crippen molar-refractivity contribution in [1.82, 2.24) is 0 Å². The lowest BCUT2D eigenvalue weighted by atomic mass is 9.82. The van der Waals surface area contributed by atoms with Gasteiger partial charge in [-0.05, 0) is 36.0 Å². The molecule has 1 rings (SSSR count). The smallest absolute Gasteiger partial charge is 0.0456 e. The minimum Gasteiger partial charge on any atom is -0.322 e. The van der Waals surface area contributed by atoms with Crippen molar-refractivity contribution in [3.63, 3.8) is 0 Å². The maximum atomic E-state index is 6.27. The van der Waals surface area contributed by atoms with Crippen LogP contribution >= 0.6 is 11.6 Å². The Kier molecular flexibility index (Phi) is 3.71. The SMILES string of the molecule is CCC(C)(N)c1cc(C(C)(C)C)ccc1Cl. The van der Waals surface area contributed by atoms with Gasteiger partial charge >= 0.3 is 0 Å². The van der Waals surface area contributed by atoms with Gasteiger partial charge in [-0.2, -0.15) is 0 Å². The molecule has 0 bridgehead atoms. The van der Waals surface area contributed by atoms with E-state index in [1.807, 2.05) is 13.0 Å². The summed E-state index contributed by atoms with van der Waals surface area (Å²) in [7, 11) is 0. The normalized spacial score (nSPS) is 15.9. The maximum absolute atomic E-state index is 6.27.